The van der Waals surface area contributed by atoms with E-state index in [1.54, 1.807) is 6.92 Å². The lowest BCUT2D eigenvalue weighted by Crippen LogP contribution is -2.36. The second-order valence-corrected chi connectivity index (χ2v) is 4.97. The van der Waals surface area contributed by atoms with Crippen LogP contribution < -0.4 is 15.4 Å². The van der Waals surface area contributed by atoms with Gasteiger partial charge in [0.2, 0.25) is 0 Å². The van der Waals surface area contributed by atoms with Gasteiger partial charge in [-0.3, -0.25) is 4.79 Å². The van der Waals surface area contributed by atoms with Crippen LogP contribution in [0.5, 0.6) is 5.75 Å². The van der Waals surface area contributed by atoms with E-state index >= 15 is 0 Å². The zero-order valence-corrected chi connectivity index (χ0v) is 11.6. The summed E-state index contributed by atoms with van der Waals surface area (Å²) in [6, 6.07) is 3.52. The van der Waals surface area contributed by atoms with Crippen molar-refractivity contribution in [1.29, 1.82) is 0 Å². The molecule has 0 bridgehead atoms. The lowest BCUT2D eigenvalue weighted by atomic mass is 10.1. The maximum Gasteiger partial charge on any atom is 0.319 e. The summed E-state index contributed by atoms with van der Waals surface area (Å²) in [5, 5.41) is 13.9. The van der Waals surface area contributed by atoms with Crippen molar-refractivity contribution in [2.75, 3.05) is 18.5 Å². The molecule has 0 spiro atoms. The molecule has 0 aromatic heterocycles. The molecule has 0 atom stereocenters. The monoisotopic (exact) mass is 296 g/mol. The molecular weight excluding hydrogens is 279 g/mol. The molecule has 1 saturated carbocycles. The molecule has 0 heterocycles. The van der Waals surface area contributed by atoms with Gasteiger partial charge in [0.1, 0.15) is 0 Å². The minimum Gasteiger partial charge on any atom is -0.491 e. The molecule has 114 valence electrons. The molecule has 7 heteroatoms. The van der Waals surface area contributed by atoms with Crippen LogP contribution in [0.2, 0.25) is 0 Å². The number of benzene rings is 1. The highest BCUT2D eigenvalue weighted by molar-refractivity contribution is 5.90. The molecule has 2 rings (SSSR count). The van der Waals surface area contributed by atoms with Crippen LogP contribution in [0.1, 0.15) is 19.8 Å². The number of halogens is 1. The maximum atomic E-state index is 13.6. The molecule has 6 nitrogen and oxygen atoms in total. The normalized spacial score (nSPS) is 15.1. The summed E-state index contributed by atoms with van der Waals surface area (Å²) in [5.41, 5.74) is -0.560. The van der Waals surface area contributed by atoms with Gasteiger partial charge in [-0.1, -0.05) is 0 Å². The Kier molecular flexibility index (Phi) is 4.30. The van der Waals surface area contributed by atoms with Gasteiger partial charge in [-0.2, -0.15) is 0 Å². The maximum absolute atomic E-state index is 13.6. The summed E-state index contributed by atoms with van der Waals surface area (Å²) in [6.45, 7) is 2.16. The number of carboxylic acids is 1. The summed E-state index contributed by atoms with van der Waals surface area (Å²) in [7, 11) is 0. The Hall–Kier alpha value is -2.31. The topological polar surface area (TPSA) is 87.7 Å². The second kappa shape index (κ2) is 5.99. The molecule has 0 unspecified atom stereocenters. The highest BCUT2D eigenvalue weighted by Gasteiger charge is 2.50. The van der Waals surface area contributed by atoms with Crippen LogP contribution in [0.25, 0.3) is 0 Å². The molecule has 21 heavy (non-hydrogen) atoms. The Morgan fingerprint density at radius 3 is 2.67 bits per heavy atom. The van der Waals surface area contributed by atoms with Crippen molar-refractivity contribution in [2.45, 2.75) is 19.8 Å². The average Bonchev–Trinajstić information content (AvgIpc) is 3.21. The summed E-state index contributed by atoms with van der Waals surface area (Å²) >= 11 is 0. The molecule has 0 aliphatic heterocycles. The first-order valence-electron chi connectivity index (χ1n) is 6.67. The molecule has 1 aliphatic carbocycles. The molecule has 2 amide bonds. The molecule has 1 fully saturated rings. The molecule has 1 aromatic carbocycles. The fourth-order valence-electron chi connectivity index (χ4n) is 1.89. The van der Waals surface area contributed by atoms with E-state index in [0.29, 0.717) is 19.4 Å². The van der Waals surface area contributed by atoms with E-state index in [4.69, 9.17) is 9.84 Å². The third-order valence-electron chi connectivity index (χ3n) is 3.38. The van der Waals surface area contributed by atoms with E-state index in [1.165, 1.54) is 12.1 Å². The molecule has 3 N–H and O–H groups in total. The Bertz CT molecular complexity index is 558. The lowest BCUT2D eigenvalue weighted by molar-refractivity contribution is -0.143. The number of ether oxygens (including phenoxy) is 1. The second-order valence-electron chi connectivity index (χ2n) is 4.97. The van der Waals surface area contributed by atoms with Crippen LogP contribution in [0.4, 0.5) is 14.9 Å². The van der Waals surface area contributed by atoms with Crippen LogP contribution in [0.3, 0.4) is 0 Å². The summed E-state index contributed by atoms with van der Waals surface area (Å²) in [6.07, 6.45) is 1.11. The number of hydrogen-bond acceptors (Lipinski definition) is 3. The largest absolute Gasteiger partial charge is 0.491 e. The number of nitrogens with one attached hydrogen (secondary N) is 2. The van der Waals surface area contributed by atoms with Crippen molar-refractivity contribution in [3.63, 3.8) is 0 Å². The van der Waals surface area contributed by atoms with Crippen molar-refractivity contribution in [3.05, 3.63) is 24.0 Å². The lowest BCUT2D eigenvalue weighted by Gasteiger charge is -2.12. The van der Waals surface area contributed by atoms with Crippen molar-refractivity contribution >= 4 is 17.7 Å². The highest BCUT2D eigenvalue weighted by Crippen LogP contribution is 2.45. The van der Waals surface area contributed by atoms with Gasteiger partial charge in [0.25, 0.3) is 0 Å². The van der Waals surface area contributed by atoms with Crippen molar-refractivity contribution < 1.29 is 23.8 Å². The van der Waals surface area contributed by atoms with E-state index in [2.05, 4.69) is 10.6 Å². The van der Waals surface area contributed by atoms with Gasteiger partial charge in [0.05, 0.1) is 12.0 Å². The number of aliphatic carboxylic acids is 1. The van der Waals surface area contributed by atoms with Crippen molar-refractivity contribution in [1.82, 2.24) is 5.32 Å². The number of anilines is 1. The van der Waals surface area contributed by atoms with E-state index in [9.17, 15) is 14.0 Å². The fourth-order valence-corrected chi connectivity index (χ4v) is 1.89. The van der Waals surface area contributed by atoms with Crippen LogP contribution in [-0.4, -0.2) is 30.3 Å². The van der Waals surface area contributed by atoms with E-state index < -0.39 is 23.2 Å². The number of carbonyl (C=O) groups excluding carboxylic acids is 1. The van der Waals surface area contributed by atoms with Crippen LogP contribution in [0, 0.1) is 11.2 Å². The van der Waals surface area contributed by atoms with Gasteiger partial charge < -0.3 is 20.5 Å². The van der Waals surface area contributed by atoms with E-state index in [0.717, 1.165) is 6.07 Å². The summed E-state index contributed by atoms with van der Waals surface area (Å²) < 4.78 is 18.7. The number of carboxylic acid groups (broad SMARTS) is 1. The zero-order chi connectivity index (χ0) is 15.5. The Balaban J connectivity index is 1.88. The summed E-state index contributed by atoms with van der Waals surface area (Å²) in [5.74, 6) is -1.36. The quantitative estimate of drug-likeness (QED) is 0.751. The molecule has 1 aliphatic rings. The first-order valence-corrected chi connectivity index (χ1v) is 6.67. The molecule has 0 radical (unpaired) electrons. The van der Waals surface area contributed by atoms with Gasteiger partial charge in [-0.15, -0.1) is 0 Å². The average molecular weight is 296 g/mol. The van der Waals surface area contributed by atoms with Crippen LogP contribution >= 0.6 is 0 Å². The number of amides is 2. The van der Waals surface area contributed by atoms with Gasteiger partial charge in [0, 0.05) is 18.3 Å². The predicted molar refractivity (Wildman–Crippen MR) is 73.9 cm³/mol. The number of hydrogen-bond donors (Lipinski definition) is 3. The summed E-state index contributed by atoms with van der Waals surface area (Å²) in [4.78, 5) is 22.6. The smallest absolute Gasteiger partial charge is 0.319 e. The van der Waals surface area contributed by atoms with Gasteiger partial charge in [0.15, 0.2) is 11.6 Å². The standard InChI is InChI=1S/C14H17FN2O4/c1-2-21-11-4-3-9(7-10(11)15)17-13(20)16-8-14(5-6-14)12(18)19/h3-4,7H,2,5-6,8H2,1H3,(H,18,19)(H2,16,17,20). The molecular formula is C14H17FN2O4. The molecule has 1 aromatic rings. The van der Waals surface area contributed by atoms with Crippen LogP contribution in [0.15, 0.2) is 18.2 Å². The van der Waals surface area contributed by atoms with Gasteiger partial charge in [-0.25, -0.2) is 9.18 Å². The number of urea groups is 1. The minimum absolute atomic E-state index is 0.0632. The highest BCUT2D eigenvalue weighted by atomic mass is 19.1. The zero-order valence-electron chi connectivity index (χ0n) is 11.6. The Labute approximate surface area is 121 Å². The Morgan fingerprint density at radius 1 is 1.43 bits per heavy atom. The van der Waals surface area contributed by atoms with Crippen molar-refractivity contribution in [2.24, 2.45) is 5.41 Å². The SMILES string of the molecule is CCOc1ccc(NC(=O)NCC2(C(=O)O)CC2)cc1F. The Morgan fingerprint density at radius 2 is 2.14 bits per heavy atom. The van der Waals surface area contributed by atoms with Crippen LogP contribution in [-0.2, 0) is 4.79 Å². The first-order chi connectivity index (χ1) is 9.97. The van der Waals surface area contributed by atoms with Crippen molar-refractivity contribution in [3.8, 4) is 5.75 Å². The number of rotatable bonds is 6. The third-order valence-corrected chi connectivity index (χ3v) is 3.38. The minimum atomic E-state index is -0.907. The van der Waals surface area contributed by atoms with Gasteiger partial charge >= 0.3 is 12.0 Å². The third kappa shape index (κ3) is 3.62. The van der Waals surface area contributed by atoms with Gasteiger partial charge in [-0.05, 0) is 31.9 Å². The van der Waals surface area contributed by atoms with E-state index in [-0.39, 0.29) is 18.0 Å². The predicted octanol–water partition coefficient (Wildman–Crippen LogP) is 2.21. The number of carbonyl (C=O) groups is 2. The van der Waals surface area contributed by atoms with E-state index in [1.807, 2.05) is 0 Å². The first kappa shape index (κ1) is 15.1. The molecule has 0 saturated heterocycles. The fraction of sp³-hybridized carbons (Fsp3) is 0.429.